The smallest absolute Gasteiger partial charge is 0.389 e. The van der Waals surface area contributed by atoms with E-state index in [0.717, 1.165) is 16.8 Å². The molecular formula is C31H35F3N4O2Si. The number of imidazole rings is 2. The number of hydrogen-bond donors (Lipinski definition) is 0. The number of halogens is 3. The van der Waals surface area contributed by atoms with Crippen LogP contribution in [0.15, 0.2) is 61.2 Å². The first-order chi connectivity index (χ1) is 19.2. The quantitative estimate of drug-likeness (QED) is 0.157. The SMILES string of the molecule is CC(C)(C)[Si](C)(C)OCCn1ccnc1C#Cc1ccn2c(-c3cccc(CC(=O)CCC(F)(F)F)c3)cnc2c1. The molecule has 4 rings (SSSR count). The van der Waals surface area contributed by atoms with Crippen LogP contribution in [-0.2, 0) is 22.2 Å². The molecule has 0 aliphatic carbocycles. The molecule has 0 amide bonds. The van der Waals surface area contributed by atoms with Gasteiger partial charge in [0.1, 0.15) is 11.4 Å². The van der Waals surface area contributed by atoms with Crippen LogP contribution in [-0.4, -0.2) is 45.8 Å². The summed E-state index contributed by atoms with van der Waals surface area (Å²) < 4.78 is 47.6. The maximum atomic E-state index is 12.5. The third-order valence-electron chi connectivity index (χ3n) is 7.46. The van der Waals surface area contributed by atoms with E-state index in [0.29, 0.717) is 30.2 Å². The van der Waals surface area contributed by atoms with Crippen molar-refractivity contribution in [1.29, 1.82) is 0 Å². The predicted molar refractivity (Wildman–Crippen MR) is 156 cm³/mol. The molecule has 0 saturated carbocycles. The van der Waals surface area contributed by atoms with E-state index in [4.69, 9.17) is 4.43 Å². The highest BCUT2D eigenvalue weighted by Crippen LogP contribution is 2.36. The van der Waals surface area contributed by atoms with E-state index in [2.05, 4.69) is 55.7 Å². The normalized spacial score (nSPS) is 12.4. The van der Waals surface area contributed by atoms with Gasteiger partial charge in [0.25, 0.3) is 0 Å². The highest BCUT2D eigenvalue weighted by atomic mass is 28.4. The van der Waals surface area contributed by atoms with Gasteiger partial charge in [0.2, 0.25) is 0 Å². The lowest BCUT2D eigenvalue weighted by Crippen LogP contribution is -2.41. The van der Waals surface area contributed by atoms with Gasteiger partial charge in [0.05, 0.1) is 24.9 Å². The van der Waals surface area contributed by atoms with Crippen LogP contribution < -0.4 is 0 Å². The number of benzene rings is 1. The first kappa shape index (κ1) is 30.3. The molecule has 3 aromatic heterocycles. The fourth-order valence-electron chi connectivity index (χ4n) is 4.07. The maximum Gasteiger partial charge on any atom is 0.389 e. The van der Waals surface area contributed by atoms with Gasteiger partial charge < -0.3 is 8.99 Å². The van der Waals surface area contributed by atoms with E-state index in [1.807, 2.05) is 45.6 Å². The fraction of sp³-hybridized carbons (Fsp3) is 0.387. The van der Waals surface area contributed by atoms with Crippen molar-refractivity contribution < 1.29 is 22.4 Å². The summed E-state index contributed by atoms with van der Waals surface area (Å²) in [7, 11) is -1.83. The number of nitrogens with zero attached hydrogens (tertiary/aromatic N) is 4. The fourth-order valence-corrected chi connectivity index (χ4v) is 5.10. The number of hydrogen-bond acceptors (Lipinski definition) is 4. The molecular weight excluding hydrogens is 545 g/mol. The van der Waals surface area contributed by atoms with E-state index in [1.54, 1.807) is 24.5 Å². The Morgan fingerprint density at radius 2 is 1.83 bits per heavy atom. The summed E-state index contributed by atoms with van der Waals surface area (Å²) in [6.07, 6.45) is 1.25. The molecule has 0 saturated heterocycles. The molecule has 0 atom stereocenters. The zero-order valence-electron chi connectivity index (χ0n) is 24.0. The predicted octanol–water partition coefficient (Wildman–Crippen LogP) is 7.07. The van der Waals surface area contributed by atoms with Crippen molar-refractivity contribution in [3.05, 3.63) is 78.1 Å². The topological polar surface area (TPSA) is 61.4 Å². The molecule has 0 fully saturated rings. The van der Waals surface area contributed by atoms with Gasteiger partial charge in [0.15, 0.2) is 14.1 Å². The summed E-state index contributed by atoms with van der Waals surface area (Å²) in [4.78, 5) is 21.0. The third-order valence-corrected chi connectivity index (χ3v) is 12.0. The van der Waals surface area contributed by atoms with Crippen LogP contribution in [0.2, 0.25) is 18.1 Å². The van der Waals surface area contributed by atoms with Crippen molar-refractivity contribution >= 4 is 19.7 Å². The molecule has 3 heterocycles. The Kier molecular flexibility index (Phi) is 8.90. The van der Waals surface area contributed by atoms with Crippen LogP contribution in [0.3, 0.4) is 0 Å². The largest absolute Gasteiger partial charge is 0.415 e. The maximum absolute atomic E-state index is 12.5. The summed E-state index contributed by atoms with van der Waals surface area (Å²) in [5.74, 6) is 6.55. The molecule has 0 aliphatic rings. The van der Waals surface area contributed by atoms with Gasteiger partial charge in [-0.15, -0.1) is 0 Å². The minimum absolute atomic E-state index is 0.0431. The van der Waals surface area contributed by atoms with Gasteiger partial charge in [-0.05, 0) is 47.8 Å². The Labute approximate surface area is 239 Å². The lowest BCUT2D eigenvalue weighted by molar-refractivity contribution is -0.143. The van der Waals surface area contributed by atoms with E-state index in [9.17, 15) is 18.0 Å². The van der Waals surface area contributed by atoms with Crippen molar-refractivity contribution in [3.63, 3.8) is 0 Å². The Bertz CT molecular complexity index is 1590. The zero-order chi connectivity index (χ0) is 29.8. The van der Waals surface area contributed by atoms with Gasteiger partial charge in [-0.1, -0.05) is 44.9 Å². The van der Waals surface area contributed by atoms with Gasteiger partial charge in [0, 0.05) is 49.1 Å². The summed E-state index contributed by atoms with van der Waals surface area (Å²) in [5, 5.41) is 0.150. The van der Waals surface area contributed by atoms with Crippen LogP contribution in [0, 0.1) is 11.8 Å². The first-order valence-corrected chi connectivity index (χ1v) is 16.4. The Morgan fingerprint density at radius 1 is 1.05 bits per heavy atom. The molecule has 1 aromatic carbocycles. The van der Waals surface area contributed by atoms with Crippen molar-refractivity contribution in [2.75, 3.05) is 6.61 Å². The summed E-state index contributed by atoms with van der Waals surface area (Å²) in [6, 6.07) is 11.0. The number of rotatable bonds is 9. The molecule has 0 aliphatic heterocycles. The van der Waals surface area contributed by atoms with Crippen LogP contribution in [0.5, 0.6) is 0 Å². The van der Waals surface area contributed by atoms with Gasteiger partial charge in [-0.3, -0.25) is 9.20 Å². The van der Waals surface area contributed by atoms with E-state index >= 15 is 0 Å². The molecule has 41 heavy (non-hydrogen) atoms. The molecule has 0 N–H and O–H groups in total. The Hall–Kier alpha value is -3.68. The lowest BCUT2D eigenvalue weighted by Gasteiger charge is -2.36. The van der Waals surface area contributed by atoms with Crippen molar-refractivity contribution in [2.24, 2.45) is 0 Å². The number of carbonyl (C=O) groups excluding carboxylic acids is 1. The van der Waals surface area contributed by atoms with Crippen LogP contribution >= 0.6 is 0 Å². The Balaban J connectivity index is 1.45. The number of aromatic nitrogens is 4. The number of pyridine rings is 1. The summed E-state index contributed by atoms with van der Waals surface area (Å²) in [6.45, 7) is 12.4. The van der Waals surface area contributed by atoms with E-state index < -0.39 is 33.1 Å². The van der Waals surface area contributed by atoms with E-state index in [-0.39, 0.29) is 11.5 Å². The second-order valence-electron chi connectivity index (χ2n) is 11.6. The van der Waals surface area contributed by atoms with Crippen LogP contribution in [0.4, 0.5) is 13.2 Å². The molecule has 0 radical (unpaired) electrons. The number of alkyl halides is 3. The molecule has 6 nitrogen and oxygen atoms in total. The average molecular weight is 581 g/mol. The second-order valence-corrected chi connectivity index (χ2v) is 16.4. The third kappa shape index (κ3) is 7.96. The van der Waals surface area contributed by atoms with Gasteiger partial charge in [-0.2, -0.15) is 13.2 Å². The standard InChI is InChI=1S/C31H35F3N4O2Si/c1-30(2,3)41(4,5)40-18-17-37-16-14-35-28(37)10-9-23-12-15-38-27(22-36-29(38)21-23)25-8-6-7-24(19-25)20-26(39)11-13-31(32,33)34/h6-8,12,14-16,19,21-22H,11,13,17-18,20H2,1-5H3. The van der Waals surface area contributed by atoms with Gasteiger partial charge >= 0.3 is 6.18 Å². The average Bonchev–Trinajstić information content (AvgIpc) is 3.52. The van der Waals surface area contributed by atoms with Crippen LogP contribution in [0.25, 0.3) is 16.9 Å². The minimum atomic E-state index is -4.34. The van der Waals surface area contributed by atoms with Crippen molar-refractivity contribution in [1.82, 2.24) is 18.9 Å². The lowest BCUT2D eigenvalue weighted by atomic mass is 10.0. The highest BCUT2D eigenvalue weighted by Gasteiger charge is 2.36. The molecule has 0 unspecified atom stereocenters. The second kappa shape index (κ2) is 12.0. The van der Waals surface area contributed by atoms with Gasteiger partial charge in [-0.25, -0.2) is 9.97 Å². The highest BCUT2D eigenvalue weighted by molar-refractivity contribution is 6.74. The van der Waals surface area contributed by atoms with Crippen molar-refractivity contribution in [3.8, 4) is 23.1 Å². The molecule has 0 bridgehead atoms. The number of Topliss-reactive ketones (excluding diaryl/α,β-unsaturated/α-hetero) is 1. The Morgan fingerprint density at radius 3 is 2.56 bits per heavy atom. The molecule has 216 valence electrons. The van der Waals surface area contributed by atoms with E-state index in [1.165, 1.54) is 0 Å². The molecule has 4 aromatic rings. The van der Waals surface area contributed by atoms with Crippen LogP contribution in [0.1, 0.15) is 50.6 Å². The summed E-state index contributed by atoms with van der Waals surface area (Å²) >= 11 is 0. The molecule has 10 heteroatoms. The monoisotopic (exact) mass is 580 g/mol. The number of ketones is 1. The summed E-state index contributed by atoms with van der Waals surface area (Å²) in [5.41, 5.74) is 3.77. The van der Waals surface area contributed by atoms with Crippen molar-refractivity contribution in [2.45, 2.75) is 70.9 Å². The molecule has 0 spiro atoms. The number of carbonyl (C=O) groups is 1. The zero-order valence-corrected chi connectivity index (χ0v) is 25.0. The minimum Gasteiger partial charge on any atom is -0.415 e. The first-order valence-electron chi connectivity index (χ1n) is 13.5. The number of fused-ring (bicyclic) bond motifs is 1.